The zero-order valence-corrected chi connectivity index (χ0v) is 17.9. The number of hydrogen-bond donors (Lipinski definition) is 2. The highest BCUT2D eigenvalue weighted by atomic mass is 14.7. The average molecular weight is 416 g/mol. The van der Waals surface area contributed by atoms with Crippen molar-refractivity contribution in [1.82, 2.24) is 15.0 Å². The summed E-state index contributed by atoms with van der Waals surface area (Å²) < 4.78 is 0. The zero-order valence-electron chi connectivity index (χ0n) is 17.9. The molecule has 6 rings (SSSR count). The Hall–Kier alpha value is -3.85. The number of aromatic nitrogens is 3. The lowest BCUT2D eigenvalue weighted by molar-refractivity contribution is 0.613. The van der Waals surface area contributed by atoms with Crippen LogP contribution in [0.4, 0.5) is 0 Å². The molecule has 0 aliphatic rings. The number of H-pyrrole nitrogens is 2. The van der Waals surface area contributed by atoms with Crippen molar-refractivity contribution in [1.29, 1.82) is 0 Å². The van der Waals surface area contributed by atoms with Crippen LogP contribution in [0.2, 0.25) is 0 Å². The molecule has 1 unspecified atom stereocenters. The van der Waals surface area contributed by atoms with Crippen molar-refractivity contribution < 1.29 is 0 Å². The molecule has 0 aliphatic carbocycles. The molecule has 6 aromatic rings. The number of aromatic amines is 2. The van der Waals surface area contributed by atoms with Crippen molar-refractivity contribution in [2.75, 3.05) is 0 Å². The van der Waals surface area contributed by atoms with Crippen LogP contribution in [-0.4, -0.2) is 15.0 Å². The van der Waals surface area contributed by atoms with E-state index in [-0.39, 0.29) is 0 Å². The van der Waals surface area contributed by atoms with Crippen molar-refractivity contribution in [3.05, 3.63) is 114 Å². The van der Waals surface area contributed by atoms with E-state index in [1.165, 1.54) is 49.4 Å². The number of fused-ring (bicyclic) bond motifs is 3. The first-order chi connectivity index (χ1) is 15.9. The van der Waals surface area contributed by atoms with Crippen molar-refractivity contribution in [2.24, 2.45) is 0 Å². The van der Waals surface area contributed by atoms with Gasteiger partial charge in [0.25, 0.3) is 0 Å². The van der Waals surface area contributed by atoms with Gasteiger partial charge in [-0.3, -0.25) is 4.98 Å². The highest BCUT2D eigenvalue weighted by molar-refractivity contribution is 5.86. The monoisotopic (exact) mass is 415 g/mol. The van der Waals surface area contributed by atoms with Crippen LogP contribution in [0.3, 0.4) is 0 Å². The van der Waals surface area contributed by atoms with Gasteiger partial charge in [0, 0.05) is 51.7 Å². The van der Waals surface area contributed by atoms with Gasteiger partial charge in [-0.25, -0.2) is 0 Å². The quantitative estimate of drug-likeness (QED) is 0.298. The summed E-state index contributed by atoms with van der Waals surface area (Å²) in [6.45, 7) is 0. The minimum atomic E-state index is 0.328. The minimum Gasteiger partial charge on any atom is -0.361 e. The highest BCUT2D eigenvalue weighted by Gasteiger charge is 2.19. The van der Waals surface area contributed by atoms with Gasteiger partial charge in [-0.15, -0.1) is 0 Å². The van der Waals surface area contributed by atoms with Gasteiger partial charge >= 0.3 is 0 Å². The summed E-state index contributed by atoms with van der Waals surface area (Å²) in [4.78, 5) is 11.8. The third-order valence-corrected chi connectivity index (χ3v) is 6.67. The Morgan fingerprint density at radius 3 is 2.06 bits per heavy atom. The number of nitrogens with one attached hydrogen (secondary N) is 2. The number of rotatable bonds is 6. The van der Waals surface area contributed by atoms with Crippen molar-refractivity contribution in [2.45, 2.75) is 25.2 Å². The summed E-state index contributed by atoms with van der Waals surface area (Å²) in [5.41, 5.74) is 6.35. The Kier molecular flexibility index (Phi) is 4.73. The van der Waals surface area contributed by atoms with Crippen LogP contribution in [0.1, 0.15) is 29.2 Å². The SMILES string of the molecule is c1ccc2c(C(CCc3c[nH]c4ccccc34)Cc3c[nH]c4ccccc34)nccc2c1. The highest BCUT2D eigenvalue weighted by Crippen LogP contribution is 2.33. The van der Waals surface area contributed by atoms with Gasteiger partial charge in [0.2, 0.25) is 0 Å². The maximum Gasteiger partial charge on any atom is 0.0516 e. The fourth-order valence-electron chi connectivity index (χ4n) is 5.04. The van der Waals surface area contributed by atoms with E-state index in [4.69, 9.17) is 4.98 Å². The average Bonchev–Trinajstić information content (AvgIpc) is 3.45. The van der Waals surface area contributed by atoms with Crippen LogP contribution >= 0.6 is 0 Å². The van der Waals surface area contributed by atoms with E-state index in [0.29, 0.717) is 5.92 Å². The molecule has 3 nitrogen and oxygen atoms in total. The Labute approximate surface area is 187 Å². The van der Waals surface area contributed by atoms with Crippen LogP contribution in [0.25, 0.3) is 32.6 Å². The van der Waals surface area contributed by atoms with Gasteiger partial charge in [0.05, 0.1) is 5.69 Å². The van der Waals surface area contributed by atoms with E-state index in [1.807, 2.05) is 6.20 Å². The molecule has 0 saturated heterocycles. The fourth-order valence-corrected chi connectivity index (χ4v) is 5.04. The minimum absolute atomic E-state index is 0.328. The van der Waals surface area contributed by atoms with E-state index in [9.17, 15) is 0 Å². The summed E-state index contributed by atoms with van der Waals surface area (Å²) in [6, 6.07) is 27.9. The molecular formula is C29H25N3. The number of benzene rings is 3. The summed E-state index contributed by atoms with van der Waals surface area (Å²) in [7, 11) is 0. The summed E-state index contributed by atoms with van der Waals surface area (Å²) in [5.74, 6) is 0.328. The fraction of sp³-hybridized carbons (Fsp3) is 0.138. The Bertz CT molecular complexity index is 1520. The topological polar surface area (TPSA) is 44.5 Å². The lowest BCUT2D eigenvalue weighted by Gasteiger charge is -2.18. The predicted molar refractivity (Wildman–Crippen MR) is 133 cm³/mol. The summed E-state index contributed by atoms with van der Waals surface area (Å²) in [6.07, 6.45) is 9.34. The molecule has 2 N–H and O–H groups in total. The number of hydrogen-bond acceptors (Lipinski definition) is 1. The van der Waals surface area contributed by atoms with Gasteiger partial charge in [0.15, 0.2) is 0 Å². The molecule has 0 spiro atoms. The molecular weight excluding hydrogens is 390 g/mol. The second-order valence-electron chi connectivity index (χ2n) is 8.58. The molecule has 0 saturated carbocycles. The van der Waals surface area contributed by atoms with Crippen molar-refractivity contribution >= 4 is 32.6 Å². The van der Waals surface area contributed by atoms with Crippen LogP contribution in [0.15, 0.2) is 97.5 Å². The molecule has 3 heterocycles. The van der Waals surface area contributed by atoms with E-state index < -0.39 is 0 Å². The summed E-state index contributed by atoms with van der Waals surface area (Å²) >= 11 is 0. The number of para-hydroxylation sites is 2. The molecule has 0 radical (unpaired) electrons. The first-order valence-electron chi connectivity index (χ1n) is 11.3. The molecule has 1 atom stereocenters. The molecule has 0 fully saturated rings. The number of aryl methyl sites for hydroxylation is 1. The Morgan fingerprint density at radius 1 is 0.656 bits per heavy atom. The largest absolute Gasteiger partial charge is 0.361 e. The van der Waals surface area contributed by atoms with Crippen LogP contribution in [0, 0.1) is 0 Å². The van der Waals surface area contributed by atoms with Crippen molar-refractivity contribution in [3.63, 3.8) is 0 Å². The molecule has 3 heteroatoms. The standard InChI is InChI=1S/C29H25N3/c1-2-10-26-20(7-1)15-16-30-29(26)21(17-23-19-32-28-12-6-4-9-25(23)28)13-14-22-18-31-27-11-5-3-8-24(22)27/h1-12,15-16,18-19,21,31-32H,13-14,17H2. The second kappa shape index (κ2) is 8.01. The third kappa shape index (κ3) is 3.36. The molecule has 156 valence electrons. The normalized spacial score (nSPS) is 12.6. The molecule has 0 aliphatic heterocycles. The maximum atomic E-state index is 4.91. The van der Waals surface area contributed by atoms with E-state index in [1.54, 1.807) is 0 Å². The smallest absolute Gasteiger partial charge is 0.0516 e. The van der Waals surface area contributed by atoms with Gasteiger partial charge in [-0.1, -0.05) is 60.7 Å². The number of pyridine rings is 1. The van der Waals surface area contributed by atoms with Gasteiger partial charge in [-0.05, 0) is 54.0 Å². The molecule has 32 heavy (non-hydrogen) atoms. The Morgan fingerprint density at radius 2 is 1.28 bits per heavy atom. The molecule has 3 aromatic carbocycles. The Balaban J connectivity index is 1.39. The lowest BCUT2D eigenvalue weighted by Crippen LogP contribution is -2.07. The third-order valence-electron chi connectivity index (χ3n) is 6.67. The van der Waals surface area contributed by atoms with Crippen molar-refractivity contribution in [3.8, 4) is 0 Å². The summed E-state index contributed by atoms with van der Waals surface area (Å²) in [5, 5.41) is 5.15. The molecule has 3 aromatic heterocycles. The van der Waals surface area contributed by atoms with Gasteiger partial charge in [0.1, 0.15) is 0 Å². The first-order valence-corrected chi connectivity index (χ1v) is 11.3. The molecule has 0 bridgehead atoms. The zero-order chi connectivity index (χ0) is 21.3. The molecule has 0 amide bonds. The lowest BCUT2D eigenvalue weighted by atomic mass is 9.87. The van der Waals surface area contributed by atoms with Gasteiger partial charge < -0.3 is 9.97 Å². The van der Waals surface area contributed by atoms with Crippen LogP contribution < -0.4 is 0 Å². The van der Waals surface area contributed by atoms with Crippen LogP contribution in [0.5, 0.6) is 0 Å². The van der Waals surface area contributed by atoms with Crippen LogP contribution in [-0.2, 0) is 12.8 Å². The number of nitrogens with zero attached hydrogens (tertiary/aromatic N) is 1. The van der Waals surface area contributed by atoms with E-state index >= 15 is 0 Å². The first kappa shape index (κ1) is 18.9. The van der Waals surface area contributed by atoms with Gasteiger partial charge in [-0.2, -0.15) is 0 Å². The van der Waals surface area contributed by atoms with E-state index in [2.05, 4.69) is 101 Å². The van der Waals surface area contributed by atoms with E-state index in [0.717, 1.165) is 19.3 Å². The maximum absolute atomic E-state index is 4.91. The second-order valence-corrected chi connectivity index (χ2v) is 8.58. The predicted octanol–water partition coefficient (Wildman–Crippen LogP) is 7.16.